The number of carbonyl (C=O) groups is 2. The number of carbonyl (C=O) groups excluding carboxylic acids is 1. The molecule has 166 valence electrons. The summed E-state index contributed by atoms with van der Waals surface area (Å²) in [4.78, 5) is 24.0. The second kappa shape index (κ2) is 9.82. The van der Waals surface area contributed by atoms with Crippen LogP contribution in [0.25, 0.3) is 0 Å². The normalized spacial score (nSPS) is 18.7. The van der Waals surface area contributed by atoms with Crippen LogP contribution in [-0.2, 0) is 19.6 Å². The van der Waals surface area contributed by atoms with Crippen molar-refractivity contribution in [2.24, 2.45) is 11.8 Å². The van der Waals surface area contributed by atoms with Crippen molar-refractivity contribution < 1.29 is 27.9 Å². The van der Waals surface area contributed by atoms with Crippen molar-refractivity contribution in [2.75, 3.05) is 16.6 Å². The van der Waals surface area contributed by atoms with Crippen molar-refractivity contribution in [1.82, 2.24) is 0 Å². The molecule has 0 aliphatic heterocycles. The molecule has 0 aromatic heterocycles. The van der Waals surface area contributed by atoms with Gasteiger partial charge in [-0.2, -0.15) is 0 Å². The Balaban J connectivity index is 1.66. The molecule has 0 heterocycles. The Morgan fingerprint density at radius 2 is 1.55 bits per heavy atom. The maximum absolute atomic E-state index is 12.6. The molecule has 2 aromatic rings. The van der Waals surface area contributed by atoms with Crippen LogP contribution in [0.1, 0.15) is 32.6 Å². The van der Waals surface area contributed by atoms with Crippen LogP contribution >= 0.6 is 0 Å². The highest BCUT2D eigenvalue weighted by molar-refractivity contribution is 7.92. The van der Waals surface area contributed by atoms with Crippen molar-refractivity contribution in [3.8, 4) is 5.75 Å². The molecule has 2 aromatic carbocycles. The topological polar surface area (TPSA) is 122 Å². The van der Waals surface area contributed by atoms with E-state index in [2.05, 4.69) is 10.0 Å². The second-order valence-electron chi connectivity index (χ2n) is 7.41. The van der Waals surface area contributed by atoms with Gasteiger partial charge in [0.05, 0.1) is 23.3 Å². The summed E-state index contributed by atoms with van der Waals surface area (Å²) in [6.07, 6.45) is 2.63. The minimum Gasteiger partial charge on any atom is -0.494 e. The number of rotatable bonds is 8. The number of ether oxygens (including phenoxy) is 1. The third-order valence-electron chi connectivity index (χ3n) is 5.27. The van der Waals surface area contributed by atoms with Crippen LogP contribution in [0.4, 0.5) is 11.4 Å². The minimum absolute atomic E-state index is 0.0421. The molecule has 31 heavy (non-hydrogen) atoms. The summed E-state index contributed by atoms with van der Waals surface area (Å²) in [6.45, 7) is 2.38. The molecule has 9 heteroatoms. The van der Waals surface area contributed by atoms with Crippen LogP contribution in [0.2, 0.25) is 0 Å². The van der Waals surface area contributed by atoms with E-state index < -0.39 is 27.8 Å². The maximum atomic E-state index is 12.6. The predicted molar refractivity (Wildman–Crippen MR) is 117 cm³/mol. The molecule has 3 N–H and O–H groups in total. The van der Waals surface area contributed by atoms with Gasteiger partial charge in [0.15, 0.2) is 0 Å². The van der Waals surface area contributed by atoms with Gasteiger partial charge in [0.25, 0.3) is 10.0 Å². The first-order valence-electron chi connectivity index (χ1n) is 10.2. The van der Waals surface area contributed by atoms with E-state index in [0.29, 0.717) is 36.6 Å². The SMILES string of the molecule is CCOc1ccc(NS(=O)(=O)c2ccc(NC(=O)C3CCCC[C@@H]3C(=O)O)cc2)cc1. The predicted octanol–water partition coefficient (Wildman–Crippen LogP) is 3.72. The average molecular weight is 447 g/mol. The molecule has 1 aliphatic rings. The number of anilines is 2. The molecular formula is C22H26N2O6S. The average Bonchev–Trinajstić information content (AvgIpc) is 2.75. The van der Waals surface area contributed by atoms with E-state index in [9.17, 15) is 23.1 Å². The van der Waals surface area contributed by atoms with E-state index in [-0.39, 0.29) is 10.8 Å². The maximum Gasteiger partial charge on any atom is 0.307 e. The van der Waals surface area contributed by atoms with E-state index in [1.165, 1.54) is 24.3 Å². The zero-order valence-electron chi connectivity index (χ0n) is 17.2. The molecule has 0 saturated heterocycles. The van der Waals surface area contributed by atoms with Crippen LogP contribution in [-0.4, -0.2) is 32.0 Å². The Labute approximate surface area is 181 Å². The Morgan fingerprint density at radius 3 is 2.13 bits per heavy atom. The fourth-order valence-corrected chi connectivity index (χ4v) is 4.75. The lowest BCUT2D eigenvalue weighted by Crippen LogP contribution is -2.36. The first kappa shape index (κ1) is 22.6. The van der Waals surface area contributed by atoms with Gasteiger partial charge < -0.3 is 15.2 Å². The molecule has 1 amide bonds. The molecule has 2 atom stereocenters. The van der Waals surface area contributed by atoms with Crippen molar-refractivity contribution in [2.45, 2.75) is 37.5 Å². The molecular weight excluding hydrogens is 420 g/mol. The van der Waals surface area contributed by atoms with Gasteiger partial charge in [-0.3, -0.25) is 14.3 Å². The fourth-order valence-electron chi connectivity index (χ4n) is 3.69. The number of sulfonamides is 1. The Hall–Kier alpha value is -3.07. The molecule has 1 saturated carbocycles. The zero-order chi connectivity index (χ0) is 22.4. The van der Waals surface area contributed by atoms with Crippen LogP contribution in [0.5, 0.6) is 5.75 Å². The first-order chi connectivity index (χ1) is 14.8. The lowest BCUT2D eigenvalue weighted by Gasteiger charge is -2.27. The quantitative estimate of drug-likeness (QED) is 0.568. The summed E-state index contributed by atoms with van der Waals surface area (Å²) < 4.78 is 33.1. The third-order valence-corrected chi connectivity index (χ3v) is 6.67. The van der Waals surface area contributed by atoms with Gasteiger partial charge in [0.1, 0.15) is 5.75 Å². The number of carboxylic acid groups (broad SMARTS) is 1. The molecule has 8 nitrogen and oxygen atoms in total. The van der Waals surface area contributed by atoms with Crippen LogP contribution in [0.15, 0.2) is 53.4 Å². The second-order valence-corrected chi connectivity index (χ2v) is 9.09. The van der Waals surface area contributed by atoms with E-state index in [4.69, 9.17) is 4.74 Å². The number of aliphatic carboxylic acids is 1. The first-order valence-corrected chi connectivity index (χ1v) is 11.7. The van der Waals surface area contributed by atoms with Gasteiger partial charge in [-0.1, -0.05) is 12.8 Å². The molecule has 1 unspecified atom stereocenters. The number of carboxylic acids is 1. The van der Waals surface area contributed by atoms with Gasteiger partial charge in [0, 0.05) is 11.4 Å². The Morgan fingerprint density at radius 1 is 0.968 bits per heavy atom. The lowest BCUT2D eigenvalue weighted by molar-refractivity contribution is -0.147. The monoisotopic (exact) mass is 446 g/mol. The van der Waals surface area contributed by atoms with Crippen molar-refractivity contribution >= 4 is 33.3 Å². The summed E-state index contributed by atoms with van der Waals surface area (Å²) in [5.74, 6) is -1.94. The summed E-state index contributed by atoms with van der Waals surface area (Å²) in [5.41, 5.74) is 0.817. The Bertz CT molecular complexity index is 1020. The molecule has 0 bridgehead atoms. The van der Waals surface area contributed by atoms with Gasteiger partial charge in [-0.05, 0) is 68.3 Å². The number of hydrogen-bond donors (Lipinski definition) is 3. The highest BCUT2D eigenvalue weighted by Gasteiger charge is 2.35. The van der Waals surface area contributed by atoms with E-state index >= 15 is 0 Å². The van der Waals surface area contributed by atoms with Gasteiger partial charge in [0.2, 0.25) is 5.91 Å². The van der Waals surface area contributed by atoms with Crippen molar-refractivity contribution in [3.63, 3.8) is 0 Å². The summed E-state index contributed by atoms with van der Waals surface area (Å²) >= 11 is 0. The summed E-state index contributed by atoms with van der Waals surface area (Å²) in [5, 5.41) is 12.1. The minimum atomic E-state index is -3.81. The molecule has 0 radical (unpaired) electrons. The number of hydrogen-bond acceptors (Lipinski definition) is 5. The number of nitrogens with one attached hydrogen (secondary N) is 2. The van der Waals surface area contributed by atoms with Crippen molar-refractivity contribution in [1.29, 1.82) is 0 Å². The van der Waals surface area contributed by atoms with Crippen LogP contribution in [0.3, 0.4) is 0 Å². The standard InChI is InChI=1S/C22H26N2O6S/c1-2-30-17-11-7-16(8-12-17)24-31(28,29)18-13-9-15(10-14-18)23-21(25)19-5-3-4-6-20(19)22(26)27/h7-14,19-20,24H,2-6H2,1H3,(H,23,25)(H,26,27)/t19?,20-/m0/s1. The fraction of sp³-hybridized carbons (Fsp3) is 0.364. The highest BCUT2D eigenvalue weighted by Crippen LogP contribution is 2.31. The lowest BCUT2D eigenvalue weighted by atomic mass is 9.78. The third kappa shape index (κ3) is 5.75. The van der Waals surface area contributed by atoms with Crippen LogP contribution < -0.4 is 14.8 Å². The molecule has 3 rings (SSSR count). The van der Waals surface area contributed by atoms with Gasteiger partial charge >= 0.3 is 5.97 Å². The van der Waals surface area contributed by atoms with E-state index in [1.807, 2.05) is 6.92 Å². The smallest absolute Gasteiger partial charge is 0.307 e. The van der Waals surface area contributed by atoms with Gasteiger partial charge in [-0.15, -0.1) is 0 Å². The van der Waals surface area contributed by atoms with E-state index in [0.717, 1.165) is 12.8 Å². The zero-order valence-corrected chi connectivity index (χ0v) is 18.0. The number of benzene rings is 2. The molecule has 1 aliphatic carbocycles. The van der Waals surface area contributed by atoms with Crippen molar-refractivity contribution in [3.05, 3.63) is 48.5 Å². The largest absolute Gasteiger partial charge is 0.494 e. The Kier molecular flexibility index (Phi) is 7.17. The summed E-state index contributed by atoms with van der Waals surface area (Å²) in [6, 6.07) is 12.3. The number of amides is 1. The highest BCUT2D eigenvalue weighted by atomic mass is 32.2. The molecule has 0 spiro atoms. The van der Waals surface area contributed by atoms with E-state index in [1.54, 1.807) is 24.3 Å². The molecule has 1 fully saturated rings. The van der Waals surface area contributed by atoms with Gasteiger partial charge in [-0.25, -0.2) is 8.42 Å². The van der Waals surface area contributed by atoms with Crippen LogP contribution in [0, 0.1) is 11.8 Å². The summed E-state index contributed by atoms with van der Waals surface area (Å²) in [7, 11) is -3.81.